The maximum absolute atomic E-state index is 10.9. The molecule has 0 aliphatic heterocycles. The van der Waals surface area contributed by atoms with E-state index in [1.807, 2.05) is 0 Å². The molecule has 1 heterocycles. The number of hydrogen-bond donors (Lipinski definition) is 1. The van der Waals surface area contributed by atoms with Crippen LogP contribution in [0, 0.1) is 10.1 Å². The summed E-state index contributed by atoms with van der Waals surface area (Å²) < 4.78 is 5.11. The first kappa shape index (κ1) is 13.4. The molecular weight excluding hydrogens is 272 g/mol. The Bertz CT molecular complexity index is 704. The monoisotopic (exact) mass is 286 g/mol. The number of para-hydroxylation sites is 1. The van der Waals surface area contributed by atoms with E-state index in [0.29, 0.717) is 17.3 Å². The molecule has 1 aliphatic carbocycles. The molecule has 2 aromatic rings. The van der Waals surface area contributed by atoms with Crippen LogP contribution in [0.15, 0.2) is 28.8 Å². The Morgan fingerprint density at radius 2 is 2.10 bits per heavy atom. The van der Waals surface area contributed by atoms with Gasteiger partial charge < -0.3 is 10.3 Å². The fourth-order valence-corrected chi connectivity index (χ4v) is 2.24. The van der Waals surface area contributed by atoms with Crippen molar-refractivity contribution in [2.75, 3.05) is 0 Å². The molecule has 1 fully saturated rings. The molecule has 2 N–H and O–H groups in total. The van der Waals surface area contributed by atoms with Crippen LogP contribution in [-0.2, 0) is 5.54 Å². The molecule has 0 radical (unpaired) electrons. The third-order valence-corrected chi connectivity index (χ3v) is 3.67. The number of hydrogen-bond acceptors (Lipinski definition) is 6. The average Bonchev–Trinajstić information content (AvgIpc) is 2.92. The maximum atomic E-state index is 10.9. The topological polar surface area (TPSA) is 108 Å². The molecule has 7 nitrogen and oxygen atoms in total. The highest BCUT2D eigenvalue weighted by molar-refractivity contribution is 5.71. The number of benzene rings is 1. The van der Waals surface area contributed by atoms with E-state index in [2.05, 4.69) is 10.1 Å². The van der Waals surface area contributed by atoms with Gasteiger partial charge in [-0.1, -0.05) is 17.3 Å². The lowest BCUT2D eigenvalue weighted by Gasteiger charge is -2.34. The summed E-state index contributed by atoms with van der Waals surface area (Å²) in [7, 11) is 0. The van der Waals surface area contributed by atoms with Crippen LogP contribution in [0.1, 0.15) is 36.5 Å². The summed E-state index contributed by atoms with van der Waals surface area (Å²) in [6, 6.07) is 6.45. The zero-order valence-electron chi connectivity index (χ0n) is 11.2. The van der Waals surface area contributed by atoms with Gasteiger partial charge in [0.1, 0.15) is 0 Å². The molecule has 21 heavy (non-hydrogen) atoms. The second-order valence-electron chi connectivity index (χ2n) is 5.12. The summed E-state index contributed by atoms with van der Waals surface area (Å²) in [5.74, 6) is 0.788. The van der Waals surface area contributed by atoms with Crippen LogP contribution >= 0.6 is 0 Å². The van der Waals surface area contributed by atoms with Gasteiger partial charge in [-0.25, -0.2) is 0 Å². The van der Waals surface area contributed by atoms with Crippen LogP contribution in [0.25, 0.3) is 12.2 Å². The first-order valence-electron chi connectivity index (χ1n) is 6.63. The fraction of sp³-hybridized carbons (Fsp3) is 0.286. The average molecular weight is 286 g/mol. The van der Waals surface area contributed by atoms with E-state index < -0.39 is 10.5 Å². The van der Waals surface area contributed by atoms with Crippen LogP contribution in [0.5, 0.6) is 0 Å². The van der Waals surface area contributed by atoms with E-state index in [-0.39, 0.29) is 5.69 Å². The van der Waals surface area contributed by atoms with Crippen molar-refractivity contribution in [2.45, 2.75) is 24.8 Å². The van der Waals surface area contributed by atoms with E-state index in [1.54, 1.807) is 30.4 Å². The Kier molecular flexibility index (Phi) is 3.26. The Morgan fingerprint density at radius 1 is 1.33 bits per heavy atom. The highest BCUT2D eigenvalue weighted by Crippen LogP contribution is 2.36. The van der Waals surface area contributed by atoms with Crippen molar-refractivity contribution in [1.29, 1.82) is 0 Å². The zero-order chi connectivity index (χ0) is 14.9. The summed E-state index contributed by atoms with van der Waals surface area (Å²) in [6.07, 6.45) is 5.90. The molecule has 0 bridgehead atoms. The predicted octanol–water partition coefficient (Wildman–Crippen LogP) is 2.49. The van der Waals surface area contributed by atoms with Crippen molar-refractivity contribution < 1.29 is 9.45 Å². The van der Waals surface area contributed by atoms with Crippen molar-refractivity contribution in [3.63, 3.8) is 0 Å². The quantitative estimate of drug-likeness (QED) is 0.683. The minimum absolute atomic E-state index is 0.0303. The molecule has 1 aromatic carbocycles. The van der Waals surface area contributed by atoms with Crippen molar-refractivity contribution >= 4 is 17.8 Å². The summed E-state index contributed by atoms with van der Waals surface area (Å²) >= 11 is 0. The number of nitrogens with two attached hydrogens (primary N) is 1. The molecule has 0 saturated heterocycles. The molecule has 108 valence electrons. The van der Waals surface area contributed by atoms with E-state index in [9.17, 15) is 10.1 Å². The van der Waals surface area contributed by atoms with E-state index in [1.165, 1.54) is 6.07 Å². The number of nitro benzene ring substituents is 1. The third-order valence-electron chi connectivity index (χ3n) is 3.67. The SMILES string of the molecule is NC1(c2noc(/C=C/c3ccccc3[N+](=O)[O-])n2)CCC1. The van der Waals surface area contributed by atoms with Gasteiger partial charge in [-0.3, -0.25) is 10.1 Å². The van der Waals surface area contributed by atoms with Crippen LogP contribution < -0.4 is 5.73 Å². The number of rotatable bonds is 4. The van der Waals surface area contributed by atoms with E-state index >= 15 is 0 Å². The van der Waals surface area contributed by atoms with Gasteiger partial charge in [-0.15, -0.1) is 0 Å². The molecule has 3 rings (SSSR count). The molecule has 1 aliphatic rings. The van der Waals surface area contributed by atoms with Crippen molar-refractivity contribution in [1.82, 2.24) is 10.1 Å². The number of nitrogens with zero attached hydrogens (tertiary/aromatic N) is 3. The fourth-order valence-electron chi connectivity index (χ4n) is 2.24. The minimum Gasteiger partial charge on any atom is -0.335 e. The lowest BCUT2D eigenvalue weighted by Crippen LogP contribution is -2.44. The van der Waals surface area contributed by atoms with E-state index in [4.69, 9.17) is 10.3 Å². The lowest BCUT2D eigenvalue weighted by atomic mass is 9.77. The number of aromatic nitrogens is 2. The summed E-state index contributed by atoms with van der Waals surface area (Å²) in [4.78, 5) is 14.7. The number of nitro groups is 1. The maximum Gasteiger partial charge on any atom is 0.276 e. The highest BCUT2D eigenvalue weighted by atomic mass is 16.6. The highest BCUT2D eigenvalue weighted by Gasteiger charge is 2.38. The standard InChI is InChI=1S/C14H14N4O3/c15-14(8-3-9-14)13-16-12(21-17-13)7-6-10-4-1-2-5-11(10)18(19)20/h1-2,4-7H,3,8-9,15H2/b7-6+. The molecule has 0 amide bonds. The van der Waals surface area contributed by atoms with Crippen LogP contribution in [0.3, 0.4) is 0 Å². The van der Waals surface area contributed by atoms with Crippen LogP contribution in [-0.4, -0.2) is 15.1 Å². The van der Waals surface area contributed by atoms with Crippen LogP contribution in [0.2, 0.25) is 0 Å². The van der Waals surface area contributed by atoms with E-state index in [0.717, 1.165) is 19.3 Å². The van der Waals surface area contributed by atoms with Crippen LogP contribution in [0.4, 0.5) is 5.69 Å². The third kappa shape index (κ3) is 2.55. The first-order chi connectivity index (χ1) is 10.1. The van der Waals surface area contributed by atoms with Gasteiger partial charge in [0.2, 0.25) is 0 Å². The van der Waals surface area contributed by atoms with Gasteiger partial charge in [0.25, 0.3) is 11.6 Å². The van der Waals surface area contributed by atoms with Gasteiger partial charge in [-0.2, -0.15) is 4.98 Å². The van der Waals surface area contributed by atoms with Crippen molar-refractivity contribution in [3.05, 3.63) is 51.7 Å². The summed E-state index contributed by atoms with van der Waals surface area (Å²) in [5, 5.41) is 14.8. The summed E-state index contributed by atoms with van der Waals surface area (Å²) in [6.45, 7) is 0. The normalized spacial score (nSPS) is 16.8. The molecule has 1 saturated carbocycles. The van der Waals surface area contributed by atoms with Gasteiger partial charge >= 0.3 is 0 Å². The first-order valence-corrected chi connectivity index (χ1v) is 6.63. The Hall–Kier alpha value is -2.54. The Labute approximate surface area is 120 Å². The van der Waals surface area contributed by atoms with Gasteiger partial charge in [-0.05, 0) is 31.4 Å². The second-order valence-corrected chi connectivity index (χ2v) is 5.12. The van der Waals surface area contributed by atoms with Crippen molar-refractivity contribution in [2.24, 2.45) is 5.73 Å². The molecule has 0 spiro atoms. The molecule has 7 heteroatoms. The molecular formula is C14H14N4O3. The minimum atomic E-state index is -0.478. The summed E-state index contributed by atoms with van der Waals surface area (Å²) in [5.41, 5.74) is 6.14. The van der Waals surface area contributed by atoms with Crippen molar-refractivity contribution in [3.8, 4) is 0 Å². The molecule has 0 atom stereocenters. The molecule has 0 unspecified atom stereocenters. The Balaban J connectivity index is 1.82. The van der Waals surface area contributed by atoms with Gasteiger partial charge in [0.05, 0.1) is 16.0 Å². The second kappa shape index (κ2) is 5.10. The lowest BCUT2D eigenvalue weighted by molar-refractivity contribution is -0.385. The molecule has 1 aromatic heterocycles. The largest absolute Gasteiger partial charge is 0.335 e. The zero-order valence-corrected chi connectivity index (χ0v) is 11.2. The Morgan fingerprint density at radius 3 is 2.76 bits per heavy atom. The smallest absolute Gasteiger partial charge is 0.276 e. The van der Waals surface area contributed by atoms with Gasteiger partial charge in [0, 0.05) is 12.1 Å². The predicted molar refractivity (Wildman–Crippen MR) is 76.0 cm³/mol. The van der Waals surface area contributed by atoms with Gasteiger partial charge in [0.15, 0.2) is 5.82 Å².